The largest absolute Gasteiger partial charge is 0.349 e. The molecule has 1 aromatic rings. The van der Waals surface area contributed by atoms with Gasteiger partial charge in [-0.05, 0) is 30.9 Å². The van der Waals surface area contributed by atoms with Gasteiger partial charge in [-0.1, -0.05) is 51.8 Å². The van der Waals surface area contributed by atoms with E-state index in [1.807, 2.05) is 24.3 Å². The Morgan fingerprint density at radius 3 is 2.28 bits per heavy atom. The van der Waals surface area contributed by atoms with Crippen molar-refractivity contribution in [2.75, 3.05) is 0 Å². The lowest BCUT2D eigenvalue weighted by atomic mass is 10.0. The van der Waals surface area contributed by atoms with E-state index < -0.39 is 0 Å². The molecule has 0 aliphatic carbocycles. The van der Waals surface area contributed by atoms with Crippen molar-refractivity contribution in [1.29, 1.82) is 0 Å². The molecule has 0 atom stereocenters. The van der Waals surface area contributed by atoms with Gasteiger partial charge in [0.05, 0.1) is 0 Å². The summed E-state index contributed by atoms with van der Waals surface area (Å²) in [6.45, 7) is 6.41. The fraction of sp³-hybridized carbons (Fsp3) is 0.562. The van der Waals surface area contributed by atoms with E-state index in [1.54, 1.807) is 0 Å². The minimum Gasteiger partial charge on any atom is -0.349 e. The van der Waals surface area contributed by atoms with Crippen LogP contribution in [0.3, 0.4) is 0 Å². The second-order valence-corrected chi connectivity index (χ2v) is 4.76. The molecule has 0 aliphatic heterocycles. The van der Waals surface area contributed by atoms with E-state index in [2.05, 4.69) is 26.1 Å². The number of aryl methyl sites for hydroxylation is 1. The summed E-state index contributed by atoms with van der Waals surface area (Å²) in [4.78, 5) is 12.3. The van der Waals surface area contributed by atoms with Crippen LogP contribution in [0.1, 0.15) is 62.4 Å². The van der Waals surface area contributed by atoms with Crippen LogP contribution in [0.2, 0.25) is 0 Å². The quantitative estimate of drug-likeness (QED) is 0.776. The van der Waals surface area contributed by atoms with Gasteiger partial charge in [0.1, 0.15) is 0 Å². The highest BCUT2D eigenvalue weighted by Gasteiger charge is 2.14. The summed E-state index contributed by atoms with van der Waals surface area (Å²) in [7, 11) is 0. The molecule has 0 spiro atoms. The summed E-state index contributed by atoms with van der Waals surface area (Å²) < 4.78 is 0. The van der Waals surface area contributed by atoms with Gasteiger partial charge in [-0.15, -0.1) is 0 Å². The Labute approximate surface area is 111 Å². The van der Waals surface area contributed by atoms with Gasteiger partial charge >= 0.3 is 0 Å². The molecule has 1 N–H and O–H groups in total. The van der Waals surface area contributed by atoms with Crippen molar-refractivity contribution in [2.45, 2.75) is 58.9 Å². The van der Waals surface area contributed by atoms with Crippen LogP contribution in [0.4, 0.5) is 0 Å². The van der Waals surface area contributed by atoms with E-state index in [9.17, 15) is 4.79 Å². The number of carbonyl (C=O) groups excluding carboxylic acids is 1. The van der Waals surface area contributed by atoms with E-state index in [1.165, 1.54) is 0 Å². The molecule has 18 heavy (non-hydrogen) atoms. The SMILES string of the molecule is CCCC(CCC)NC(=O)c1ccccc1CC. The van der Waals surface area contributed by atoms with Crippen LogP contribution >= 0.6 is 0 Å². The molecule has 0 saturated carbocycles. The first-order valence-electron chi connectivity index (χ1n) is 7.11. The van der Waals surface area contributed by atoms with Crippen LogP contribution in [0.25, 0.3) is 0 Å². The first-order valence-corrected chi connectivity index (χ1v) is 7.11. The Morgan fingerprint density at radius 2 is 1.72 bits per heavy atom. The first-order chi connectivity index (χ1) is 8.72. The second-order valence-electron chi connectivity index (χ2n) is 4.76. The topological polar surface area (TPSA) is 29.1 Å². The maximum absolute atomic E-state index is 12.3. The van der Waals surface area contributed by atoms with Crippen LogP contribution in [-0.4, -0.2) is 11.9 Å². The molecule has 0 saturated heterocycles. The highest BCUT2D eigenvalue weighted by Crippen LogP contribution is 2.11. The lowest BCUT2D eigenvalue weighted by Gasteiger charge is -2.18. The van der Waals surface area contributed by atoms with Gasteiger partial charge in [0, 0.05) is 11.6 Å². The van der Waals surface area contributed by atoms with Crippen molar-refractivity contribution in [3.8, 4) is 0 Å². The Bertz CT molecular complexity index is 367. The smallest absolute Gasteiger partial charge is 0.251 e. The van der Waals surface area contributed by atoms with Crippen molar-refractivity contribution in [3.63, 3.8) is 0 Å². The molecule has 1 amide bonds. The molecule has 0 unspecified atom stereocenters. The highest BCUT2D eigenvalue weighted by atomic mass is 16.1. The van der Waals surface area contributed by atoms with Gasteiger partial charge in [0.2, 0.25) is 0 Å². The fourth-order valence-electron chi connectivity index (χ4n) is 2.30. The predicted octanol–water partition coefficient (Wildman–Crippen LogP) is 3.95. The van der Waals surface area contributed by atoms with Gasteiger partial charge in [-0.2, -0.15) is 0 Å². The normalized spacial score (nSPS) is 10.7. The molecule has 1 rings (SSSR count). The summed E-state index contributed by atoms with van der Waals surface area (Å²) in [5.41, 5.74) is 1.96. The lowest BCUT2D eigenvalue weighted by Crippen LogP contribution is -2.35. The third kappa shape index (κ3) is 4.17. The van der Waals surface area contributed by atoms with Crippen LogP contribution in [0.15, 0.2) is 24.3 Å². The van der Waals surface area contributed by atoms with Crippen molar-refractivity contribution in [3.05, 3.63) is 35.4 Å². The van der Waals surface area contributed by atoms with Crippen LogP contribution in [0.5, 0.6) is 0 Å². The number of carbonyl (C=O) groups is 1. The average Bonchev–Trinajstić information content (AvgIpc) is 2.39. The van der Waals surface area contributed by atoms with Crippen molar-refractivity contribution in [2.24, 2.45) is 0 Å². The molecule has 0 heterocycles. The molecule has 0 radical (unpaired) electrons. The number of amides is 1. The monoisotopic (exact) mass is 247 g/mol. The zero-order chi connectivity index (χ0) is 13.4. The Morgan fingerprint density at radius 1 is 1.11 bits per heavy atom. The van der Waals surface area contributed by atoms with Gasteiger partial charge in [-0.3, -0.25) is 4.79 Å². The van der Waals surface area contributed by atoms with Gasteiger partial charge < -0.3 is 5.32 Å². The fourth-order valence-corrected chi connectivity index (χ4v) is 2.30. The summed E-state index contributed by atoms with van der Waals surface area (Å²) in [6, 6.07) is 8.19. The zero-order valence-corrected chi connectivity index (χ0v) is 11.8. The molecule has 2 heteroatoms. The van der Waals surface area contributed by atoms with Crippen LogP contribution in [0, 0.1) is 0 Å². The molecule has 100 valence electrons. The maximum Gasteiger partial charge on any atom is 0.251 e. The minimum absolute atomic E-state index is 0.0827. The number of nitrogens with one attached hydrogen (secondary N) is 1. The second kappa shape index (κ2) is 7.91. The number of hydrogen-bond acceptors (Lipinski definition) is 1. The van der Waals surface area contributed by atoms with Crippen LogP contribution < -0.4 is 5.32 Å². The zero-order valence-electron chi connectivity index (χ0n) is 11.8. The maximum atomic E-state index is 12.3. The van der Waals surface area contributed by atoms with E-state index in [-0.39, 0.29) is 5.91 Å². The van der Waals surface area contributed by atoms with Crippen molar-refractivity contribution < 1.29 is 4.79 Å². The molecule has 0 aliphatic rings. The molecule has 0 aromatic heterocycles. The molecule has 0 bridgehead atoms. The lowest BCUT2D eigenvalue weighted by molar-refractivity contribution is 0.0931. The Hall–Kier alpha value is -1.31. The van der Waals surface area contributed by atoms with E-state index in [0.717, 1.165) is 43.2 Å². The average molecular weight is 247 g/mol. The van der Waals surface area contributed by atoms with Gasteiger partial charge in [0.25, 0.3) is 5.91 Å². The summed E-state index contributed by atoms with van der Waals surface area (Å²) in [6.07, 6.45) is 5.25. The molecule has 1 aromatic carbocycles. The third-order valence-corrected chi connectivity index (χ3v) is 3.25. The standard InChI is InChI=1S/C16H25NO/c1-4-9-14(10-5-2)17-16(18)15-12-8-7-11-13(15)6-3/h7-8,11-12,14H,4-6,9-10H2,1-3H3,(H,17,18). The molecular weight excluding hydrogens is 222 g/mol. The van der Waals surface area contributed by atoms with E-state index >= 15 is 0 Å². The molecular formula is C16H25NO. The number of rotatable bonds is 7. The predicted molar refractivity (Wildman–Crippen MR) is 76.9 cm³/mol. The summed E-state index contributed by atoms with van der Waals surface area (Å²) in [5.74, 6) is 0.0827. The number of benzene rings is 1. The third-order valence-electron chi connectivity index (χ3n) is 3.25. The van der Waals surface area contributed by atoms with Gasteiger partial charge in [0.15, 0.2) is 0 Å². The van der Waals surface area contributed by atoms with E-state index in [0.29, 0.717) is 6.04 Å². The Balaban J connectivity index is 2.73. The number of hydrogen-bond donors (Lipinski definition) is 1. The van der Waals surface area contributed by atoms with Crippen molar-refractivity contribution >= 4 is 5.91 Å². The van der Waals surface area contributed by atoms with Gasteiger partial charge in [-0.25, -0.2) is 0 Å². The van der Waals surface area contributed by atoms with Crippen molar-refractivity contribution in [1.82, 2.24) is 5.32 Å². The molecule has 2 nitrogen and oxygen atoms in total. The first kappa shape index (κ1) is 14.7. The van der Waals surface area contributed by atoms with Crippen LogP contribution in [-0.2, 0) is 6.42 Å². The Kier molecular flexibility index (Phi) is 6.48. The summed E-state index contributed by atoms with van der Waals surface area (Å²) >= 11 is 0. The minimum atomic E-state index is 0.0827. The molecule has 0 fully saturated rings. The van der Waals surface area contributed by atoms with E-state index in [4.69, 9.17) is 0 Å². The summed E-state index contributed by atoms with van der Waals surface area (Å²) in [5, 5.41) is 3.17. The highest BCUT2D eigenvalue weighted by molar-refractivity contribution is 5.95.